The minimum atomic E-state index is -2.10. The molecule has 2 rings (SSSR count). The molecular formula is C10H8BrN. The summed E-state index contributed by atoms with van der Waals surface area (Å²) >= 11 is 3.35. The zero-order valence-electron chi connectivity index (χ0n) is 9.21. The Labute approximate surface area is 83.8 Å². The summed E-state index contributed by atoms with van der Waals surface area (Å²) in [6.07, 6.45) is 1.65. The number of rotatable bonds is 0. The first-order chi connectivity index (χ1) is 7.00. The summed E-state index contributed by atoms with van der Waals surface area (Å²) in [5, 5.41) is 0.673. The normalized spacial score (nSPS) is 15.2. The molecule has 0 N–H and O–H groups in total. The molecule has 1 nitrogen and oxygen atoms in total. The zero-order valence-corrected chi connectivity index (χ0v) is 7.80. The Morgan fingerprint density at radius 3 is 3.17 bits per heavy atom. The van der Waals surface area contributed by atoms with E-state index in [0.717, 1.165) is 4.47 Å². The molecule has 2 aromatic rings. The van der Waals surface area contributed by atoms with Crippen LogP contribution in [-0.4, -0.2) is 4.98 Å². The van der Waals surface area contributed by atoms with Gasteiger partial charge in [-0.2, -0.15) is 0 Å². The maximum absolute atomic E-state index is 7.42. The number of hydrogen-bond donors (Lipinski definition) is 0. The fraction of sp³-hybridized carbons (Fsp3) is 0.100. The lowest BCUT2D eigenvalue weighted by atomic mass is 10.1. The van der Waals surface area contributed by atoms with Gasteiger partial charge in [-0.05, 0) is 40.5 Å². The fourth-order valence-electron chi connectivity index (χ4n) is 1.14. The van der Waals surface area contributed by atoms with Gasteiger partial charge in [0.2, 0.25) is 0 Å². The second-order valence-corrected chi connectivity index (χ2v) is 3.35. The molecule has 0 saturated heterocycles. The second-order valence-electron chi connectivity index (χ2n) is 2.49. The molecule has 1 heterocycles. The molecule has 0 amide bonds. The van der Waals surface area contributed by atoms with Crippen molar-refractivity contribution in [1.82, 2.24) is 4.98 Å². The summed E-state index contributed by atoms with van der Waals surface area (Å²) < 4.78 is 23.1. The van der Waals surface area contributed by atoms with Gasteiger partial charge in [-0.1, -0.05) is 12.1 Å². The first kappa shape index (κ1) is 4.97. The van der Waals surface area contributed by atoms with Crippen LogP contribution in [0.25, 0.3) is 10.9 Å². The largest absolute Gasteiger partial charge is 0.255 e. The van der Waals surface area contributed by atoms with Gasteiger partial charge >= 0.3 is 0 Å². The Kier molecular flexibility index (Phi) is 1.19. The predicted molar refractivity (Wildman–Crippen MR) is 54.2 cm³/mol. The van der Waals surface area contributed by atoms with Gasteiger partial charge in [0, 0.05) is 20.2 Å². The lowest BCUT2D eigenvalue weighted by Crippen LogP contribution is -1.82. The Morgan fingerprint density at radius 2 is 2.33 bits per heavy atom. The van der Waals surface area contributed by atoms with E-state index in [0.29, 0.717) is 16.5 Å². The molecule has 1 aromatic carbocycles. The van der Waals surface area contributed by atoms with E-state index in [1.54, 1.807) is 30.5 Å². The maximum atomic E-state index is 7.42. The van der Waals surface area contributed by atoms with Crippen LogP contribution in [0, 0.1) is 6.85 Å². The molecule has 0 radical (unpaired) electrons. The van der Waals surface area contributed by atoms with Crippen LogP contribution < -0.4 is 0 Å². The molecular weight excluding hydrogens is 214 g/mol. The first-order valence-corrected chi connectivity index (χ1v) is 4.33. The summed E-state index contributed by atoms with van der Waals surface area (Å²) in [6, 6.07) is 6.84. The van der Waals surface area contributed by atoms with Crippen LogP contribution in [0.4, 0.5) is 0 Å². The van der Waals surface area contributed by atoms with E-state index in [9.17, 15) is 0 Å². The topological polar surface area (TPSA) is 12.9 Å². The van der Waals surface area contributed by atoms with Crippen molar-refractivity contribution in [3.63, 3.8) is 0 Å². The number of pyridine rings is 1. The molecule has 60 valence electrons. The van der Waals surface area contributed by atoms with Crippen LogP contribution in [0.1, 0.15) is 9.68 Å². The minimum absolute atomic E-state index is 0.341. The van der Waals surface area contributed by atoms with E-state index in [2.05, 4.69) is 20.9 Å². The van der Waals surface area contributed by atoms with E-state index in [1.807, 2.05) is 0 Å². The third-order valence-electron chi connectivity index (χ3n) is 1.72. The van der Waals surface area contributed by atoms with Crippen LogP contribution in [-0.2, 0) is 0 Å². The average Bonchev–Trinajstić information content (AvgIpc) is 2.17. The number of nitrogens with zero attached hydrogens (tertiary/aromatic N) is 1. The standard InChI is InChI=1S/C10H8BrN/c1-7-4-5-9(11)10-8(7)3-2-6-12-10/h2-6H,1H3/i1D3. The Hall–Kier alpha value is -0.890. The van der Waals surface area contributed by atoms with Crippen molar-refractivity contribution in [3.05, 3.63) is 40.5 Å². The number of aryl methyl sites for hydroxylation is 1. The molecule has 0 aliphatic heterocycles. The summed E-state index contributed by atoms with van der Waals surface area (Å²) in [5.74, 6) is 0. The SMILES string of the molecule is [2H]C([2H])([2H])c1ccc(Br)c2ncccc12. The van der Waals surface area contributed by atoms with E-state index in [4.69, 9.17) is 4.11 Å². The molecule has 0 saturated carbocycles. The van der Waals surface area contributed by atoms with Gasteiger partial charge in [-0.15, -0.1) is 0 Å². The highest BCUT2D eigenvalue weighted by molar-refractivity contribution is 9.10. The quantitative estimate of drug-likeness (QED) is 0.670. The Balaban J connectivity index is 2.84. The second kappa shape index (κ2) is 2.87. The van der Waals surface area contributed by atoms with Gasteiger partial charge in [0.25, 0.3) is 0 Å². The molecule has 2 heteroatoms. The van der Waals surface area contributed by atoms with Crippen molar-refractivity contribution in [2.75, 3.05) is 0 Å². The highest BCUT2D eigenvalue weighted by Gasteiger charge is 2.00. The minimum Gasteiger partial charge on any atom is -0.255 e. The lowest BCUT2D eigenvalue weighted by Gasteiger charge is -2.01. The molecule has 0 unspecified atom stereocenters. The van der Waals surface area contributed by atoms with Crippen molar-refractivity contribution in [3.8, 4) is 0 Å². The van der Waals surface area contributed by atoms with Crippen LogP contribution in [0.15, 0.2) is 34.9 Å². The number of halogens is 1. The molecule has 0 aliphatic rings. The molecule has 0 bridgehead atoms. The van der Waals surface area contributed by atoms with Crippen molar-refractivity contribution < 1.29 is 4.11 Å². The summed E-state index contributed by atoms with van der Waals surface area (Å²) in [6.45, 7) is -2.10. The fourth-order valence-corrected chi connectivity index (χ4v) is 1.59. The van der Waals surface area contributed by atoms with Crippen LogP contribution in [0.5, 0.6) is 0 Å². The van der Waals surface area contributed by atoms with Crippen molar-refractivity contribution in [2.45, 2.75) is 6.85 Å². The number of hydrogen-bond acceptors (Lipinski definition) is 1. The molecule has 0 spiro atoms. The van der Waals surface area contributed by atoms with Gasteiger partial charge in [0.15, 0.2) is 0 Å². The van der Waals surface area contributed by atoms with Crippen molar-refractivity contribution >= 4 is 26.8 Å². The summed E-state index contributed by atoms with van der Waals surface area (Å²) in [7, 11) is 0. The van der Waals surface area contributed by atoms with E-state index < -0.39 is 6.85 Å². The van der Waals surface area contributed by atoms with Crippen LogP contribution in [0.3, 0.4) is 0 Å². The van der Waals surface area contributed by atoms with Crippen LogP contribution in [0.2, 0.25) is 0 Å². The zero-order chi connectivity index (χ0) is 11.1. The summed E-state index contributed by atoms with van der Waals surface area (Å²) in [4.78, 5) is 4.16. The molecule has 0 atom stereocenters. The van der Waals surface area contributed by atoms with E-state index >= 15 is 0 Å². The number of fused-ring (bicyclic) bond motifs is 1. The van der Waals surface area contributed by atoms with Gasteiger partial charge in [0.05, 0.1) is 5.52 Å². The summed E-state index contributed by atoms with van der Waals surface area (Å²) in [5.41, 5.74) is 1.03. The molecule has 12 heavy (non-hydrogen) atoms. The lowest BCUT2D eigenvalue weighted by molar-refractivity contribution is 1.38. The van der Waals surface area contributed by atoms with Gasteiger partial charge in [0.1, 0.15) is 0 Å². The number of benzene rings is 1. The van der Waals surface area contributed by atoms with Crippen LogP contribution >= 0.6 is 15.9 Å². The third kappa shape index (κ3) is 1.12. The third-order valence-corrected chi connectivity index (χ3v) is 2.36. The Bertz CT molecular complexity index is 507. The van der Waals surface area contributed by atoms with Gasteiger partial charge in [-0.3, -0.25) is 4.98 Å². The van der Waals surface area contributed by atoms with Gasteiger partial charge in [-0.25, -0.2) is 0 Å². The smallest absolute Gasteiger partial charge is 0.0846 e. The van der Waals surface area contributed by atoms with Crippen molar-refractivity contribution in [1.29, 1.82) is 0 Å². The van der Waals surface area contributed by atoms with E-state index in [-0.39, 0.29) is 0 Å². The average molecular weight is 225 g/mol. The molecule has 0 aliphatic carbocycles. The Morgan fingerprint density at radius 1 is 1.42 bits per heavy atom. The molecule has 1 aromatic heterocycles. The maximum Gasteiger partial charge on any atom is 0.0846 e. The van der Waals surface area contributed by atoms with E-state index in [1.165, 1.54) is 0 Å². The van der Waals surface area contributed by atoms with Crippen molar-refractivity contribution in [2.24, 2.45) is 0 Å². The highest BCUT2D eigenvalue weighted by atomic mass is 79.9. The monoisotopic (exact) mass is 224 g/mol. The highest BCUT2D eigenvalue weighted by Crippen LogP contribution is 2.23. The molecule has 0 fully saturated rings. The predicted octanol–water partition coefficient (Wildman–Crippen LogP) is 3.31. The first-order valence-electron chi connectivity index (χ1n) is 5.04. The van der Waals surface area contributed by atoms with Gasteiger partial charge < -0.3 is 0 Å². The number of aromatic nitrogens is 1.